The van der Waals surface area contributed by atoms with Gasteiger partial charge in [-0.2, -0.15) is 5.90 Å². The lowest BCUT2D eigenvalue weighted by atomic mass is 11.5. The Kier molecular flexibility index (Phi) is 3.56. The highest BCUT2D eigenvalue weighted by Crippen LogP contribution is 1.77. The van der Waals surface area contributed by atoms with Crippen LogP contribution in [0.15, 0.2) is 0 Å². The fraction of sp³-hybridized carbons (Fsp3) is 1.00. The van der Waals surface area contributed by atoms with Crippen molar-refractivity contribution in [2.75, 3.05) is 7.05 Å². The standard InChI is InChI=1S/CH8N5O2/c1-4-5(2)6(7)8-3/h4H,2-3H2,1H3/q-1. The van der Waals surface area contributed by atoms with Crippen LogP contribution in [0.4, 0.5) is 0 Å². The lowest BCUT2D eigenvalue weighted by Gasteiger charge is -2.30. The average Bonchev–Trinajstić information content (AvgIpc) is 1.84. The van der Waals surface area contributed by atoms with Gasteiger partial charge in [-0.25, -0.2) is 16.2 Å². The number of nitrogens with zero attached hydrogens (tertiary/aromatic N) is 2. The Bertz CT molecular complexity index is 50.4. The van der Waals surface area contributed by atoms with Crippen LogP contribution in [0.5, 0.6) is 0 Å². The Morgan fingerprint density at radius 3 is 2.38 bits per heavy atom. The van der Waals surface area contributed by atoms with Crippen molar-refractivity contribution in [1.82, 2.24) is 16.0 Å². The summed E-state index contributed by atoms with van der Waals surface area (Å²) in [6.07, 6.45) is 0. The van der Waals surface area contributed by atoms with Crippen molar-refractivity contribution in [3.05, 3.63) is 5.21 Å². The van der Waals surface area contributed by atoms with Crippen LogP contribution < -0.4 is 17.2 Å². The number of nitrogens with one attached hydrogen (secondary N) is 1. The molecule has 0 aliphatic rings. The van der Waals surface area contributed by atoms with Crippen molar-refractivity contribution in [3.63, 3.8) is 0 Å². The number of hydrogen-bond acceptors (Lipinski definition) is 7. The van der Waals surface area contributed by atoms with Crippen LogP contribution in [-0.4, -0.2) is 17.6 Å². The smallest absolute Gasteiger partial charge is 0.00152 e. The van der Waals surface area contributed by atoms with Crippen LogP contribution in [0.3, 0.4) is 0 Å². The van der Waals surface area contributed by atoms with Crippen LogP contribution >= 0.6 is 0 Å². The predicted molar refractivity (Wildman–Crippen MR) is 25.6 cm³/mol. The quantitative estimate of drug-likeness (QED) is 0.288. The van der Waals surface area contributed by atoms with E-state index in [0.29, 0.717) is 5.23 Å². The van der Waals surface area contributed by atoms with Crippen molar-refractivity contribution >= 4 is 0 Å². The second-order valence-electron chi connectivity index (χ2n) is 0.911. The normalized spacial score (nSPS) is 11.2. The van der Waals surface area contributed by atoms with E-state index in [2.05, 4.69) is 16.3 Å². The van der Waals surface area contributed by atoms with Crippen molar-refractivity contribution in [2.45, 2.75) is 0 Å². The second kappa shape index (κ2) is 3.69. The molecule has 0 bridgehead atoms. The molecule has 0 aliphatic carbocycles. The first-order valence-corrected chi connectivity index (χ1v) is 1.78. The van der Waals surface area contributed by atoms with Gasteiger partial charge in [0.15, 0.2) is 0 Å². The van der Waals surface area contributed by atoms with E-state index < -0.39 is 0 Å². The SMILES string of the molecule is CNN(N)N([O-])ON. The summed E-state index contributed by atoms with van der Waals surface area (Å²) >= 11 is 0. The molecule has 0 saturated heterocycles. The first kappa shape index (κ1) is 7.72. The zero-order valence-corrected chi connectivity index (χ0v) is 4.37. The minimum atomic E-state index is -0.125. The zero-order valence-electron chi connectivity index (χ0n) is 4.37. The van der Waals surface area contributed by atoms with E-state index in [1.165, 1.54) is 7.05 Å². The van der Waals surface area contributed by atoms with Gasteiger partial charge in [0, 0.05) is 7.05 Å². The molecule has 0 radical (unpaired) electrons. The molecule has 0 unspecified atom stereocenters. The summed E-state index contributed by atoms with van der Waals surface area (Å²) in [5, 5.41) is 10.5. The first-order valence-electron chi connectivity index (χ1n) is 1.78. The molecular weight excluding hydrogens is 114 g/mol. The third-order valence-electron chi connectivity index (χ3n) is 0.495. The van der Waals surface area contributed by atoms with E-state index in [4.69, 9.17) is 5.84 Å². The zero-order chi connectivity index (χ0) is 6.57. The number of hydrogen-bond donors (Lipinski definition) is 3. The summed E-state index contributed by atoms with van der Waals surface area (Å²) in [6, 6.07) is 0. The highest BCUT2D eigenvalue weighted by molar-refractivity contribution is 4.24. The molecule has 50 valence electrons. The van der Waals surface area contributed by atoms with Gasteiger partial charge in [-0.15, -0.1) is 5.34 Å². The van der Waals surface area contributed by atoms with Gasteiger partial charge >= 0.3 is 0 Å². The summed E-state index contributed by atoms with van der Waals surface area (Å²) in [5.41, 5.74) is 2.24. The topological polar surface area (TPSA) is 103 Å². The van der Waals surface area contributed by atoms with E-state index in [9.17, 15) is 5.21 Å². The fourth-order valence-electron chi connectivity index (χ4n) is 0.132. The van der Waals surface area contributed by atoms with Crippen molar-refractivity contribution in [1.29, 1.82) is 0 Å². The average molecular weight is 122 g/mol. The van der Waals surface area contributed by atoms with Crippen LogP contribution in [0.25, 0.3) is 0 Å². The van der Waals surface area contributed by atoms with Crippen molar-refractivity contribution in [3.8, 4) is 0 Å². The number of rotatable bonds is 3. The summed E-state index contributed by atoms with van der Waals surface area (Å²) in [4.78, 5) is 3.62. The van der Waals surface area contributed by atoms with Gasteiger partial charge in [0.05, 0.1) is 0 Å². The molecule has 0 spiro atoms. The predicted octanol–water partition coefficient (Wildman–Crippen LogP) is -2.18. The largest absolute Gasteiger partial charge is 0.744 e. The van der Waals surface area contributed by atoms with E-state index in [-0.39, 0.29) is 5.34 Å². The second-order valence-corrected chi connectivity index (χ2v) is 0.911. The van der Waals surface area contributed by atoms with Gasteiger partial charge in [0.2, 0.25) is 0 Å². The number of nitrogens with two attached hydrogens (primary N) is 2. The molecule has 5 N–H and O–H groups in total. The van der Waals surface area contributed by atoms with E-state index in [1.54, 1.807) is 0 Å². The van der Waals surface area contributed by atoms with Crippen LogP contribution in [0.1, 0.15) is 0 Å². The van der Waals surface area contributed by atoms with Crippen molar-refractivity contribution in [2.24, 2.45) is 11.7 Å². The first-order chi connectivity index (χ1) is 3.72. The molecule has 7 nitrogen and oxygen atoms in total. The van der Waals surface area contributed by atoms with Crippen LogP contribution in [-0.2, 0) is 4.94 Å². The fourth-order valence-corrected chi connectivity index (χ4v) is 0.132. The van der Waals surface area contributed by atoms with Crippen molar-refractivity contribution < 1.29 is 4.94 Å². The Morgan fingerprint density at radius 1 is 1.75 bits per heavy atom. The minimum absolute atomic E-state index is 0.125. The summed E-state index contributed by atoms with van der Waals surface area (Å²) in [7, 11) is 1.43. The van der Waals surface area contributed by atoms with E-state index >= 15 is 0 Å². The van der Waals surface area contributed by atoms with E-state index in [0.717, 1.165) is 0 Å². The molecule has 0 atom stereocenters. The van der Waals surface area contributed by atoms with Crippen LogP contribution in [0, 0.1) is 5.21 Å². The van der Waals surface area contributed by atoms with Crippen LogP contribution in [0.2, 0.25) is 0 Å². The lowest BCUT2D eigenvalue weighted by Crippen LogP contribution is -2.52. The third-order valence-corrected chi connectivity index (χ3v) is 0.495. The molecule has 0 saturated carbocycles. The molecular formula is CH8N5O2-. The molecule has 0 amide bonds. The lowest BCUT2D eigenvalue weighted by molar-refractivity contribution is -0.273. The van der Waals surface area contributed by atoms with Gasteiger partial charge in [-0.05, 0) is 0 Å². The molecule has 0 fully saturated rings. The summed E-state index contributed by atoms with van der Waals surface area (Å²) in [5.74, 6) is 9.26. The Labute approximate surface area is 46.2 Å². The molecule has 0 aromatic heterocycles. The Hall–Kier alpha value is -0.280. The summed E-state index contributed by atoms with van der Waals surface area (Å²) in [6.45, 7) is 0. The highest BCUT2D eigenvalue weighted by atomic mass is 17.0. The number of hydrazine groups is 3. The van der Waals surface area contributed by atoms with Gasteiger partial charge in [-0.1, -0.05) is 5.23 Å². The van der Waals surface area contributed by atoms with E-state index in [1.807, 2.05) is 0 Å². The third kappa shape index (κ3) is 2.14. The van der Waals surface area contributed by atoms with Gasteiger partial charge in [0.25, 0.3) is 0 Å². The molecule has 0 aromatic rings. The molecule has 0 heterocycles. The molecule has 0 aliphatic heterocycles. The van der Waals surface area contributed by atoms with Gasteiger partial charge in [-0.3, -0.25) is 0 Å². The van der Waals surface area contributed by atoms with Gasteiger partial charge < -0.3 is 5.21 Å². The summed E-state index contributed by atoms with van der Waals surface area (Å²) < 4.78 is 0. The maximum atomic E-state index is 10.1. The highest BCUT2D eigenvalue weighted by Gasteiger charge is 1.92. The maximum absolute atomic E-state index is 10.1. The Morgan fingerprint density at radius 2 is 2.25 bits per heavy atom. The van der Waals surface area contributed by atoms with Gasteiger partial charge in [0.1, 0.15) is 0 Å². The maximum Gasteiger partial charge on any atom is 0.00152 e. The molecule has 7 heteroatoms. The molecule has 0 aromatic carbocycles. The molecule has 8 heavy (non-hydrogen) atoms. The Balaban J connectivity index is 3.29. The monoisotopic (exact) mass is 122 g/mol. The minimum Gasteiger partial charge on any atom is -0.744 e. The molecule has 0 rings (SSSR count).